The summed E-state index contributed by atoms with van der Waals surface area (Å²) in [5, 5.41) is -0.684. The SMILES string of the molecule is O=C(Cl)[C@H]1CC[C@H](C(=O)Cl)C1. The Labute approximate surface area is 74.9 Å². The van der Waals surface area contributed by atoms with Crippen LogP contribution in [-0.4, -0.2) is 10.5 Å². The van der Waals surface area contributed by atoms with Gasteiger partial charge in [0, 0.05) is 11.8 Å². The topological polar surface area (TPSA) is 34.1 Å². The van der Waals surface area contributed by atoms with Gasteiger partial charge in [-0.3, -0.25) is 9.59 Å². The van der Waals surface area contributed by atoms with Crippen molar-refractivity contribution in [2.45, 2.75) is 19.3 Å². The molecule has 0 N–H and O–H groups in total. The van der Waals surface area contributed by atoms with Crippen molar-refractivity contribution in [1.82, 2.24) is 0 Å². The fraction of sp³-hybridized carbons (Fsp3) is 0.714. The van der Waals surface area contributed by atoms with E-state index in [1.807, 2.05) is 0 Å². The van der Waals surface area contributed by atoms with Crippen molar-refractivity contribution < 1.29 is 9.59 Å². The fourth-order valence-corrected chi connectivity index (χ4v) is 1.79. The van der Waals surface area contributed by atoms with Gasteiger partial charge >= 0.3 is 0 Å². The van der Waals surface area contributed by atoms with Gasteiger partial charge in [0.05, 0.1) is 0 Å². The highest BCUT2D eigenvalue weighted by molar-refractivity contribution is 6.65. The molecule has 1 fully saturated rings. The third kappa shape index (κ3) is 2.17. The summed E-state index contributed by atoms with van der Waals surface area (Å²) in [6.45, 7) is 0. The van der Waals surface area contributed by atoms with Gasteiger partial charge in [-0.05, 0) is 42.5 Å². The lowest BCUT2D eigenvalue weighted by Crippen LogP contribution is -2.07. The smallest absolute Gasteiger partial charge is 0.224 e. The zero-order valence-electron chi connectivity index (χ0n) is 5.85. The molecule has 2 atom stereocenters. The third-order valence-electron chi connectivity index (χ3n) is 2.07. The van der Waals surface area contributed by atoms with Crippen LogP contribution < -0.4 is 0 Å². The molecule has 1 rings (SSSR count). The average molecular weight is 195 g/mol. The van der Waals surface area contributed by atoms with E-state index in [0.29, 0.717) is 19.3 Å². The Balaban J connectivity index is 2.47. The largest absolute Gasteiger partial charge is 0.281 e. The molecule has 0 aromatic heterocycles. The van der Waals surface area contributed by atoms with Crippen molar-refractivity contribution in [2.75, 3.05) is 0 Å². The highest BCUT2D eigenvalue weighted by atomic mass is 35.5. The van der Waals surface area contributed by atoms with Crippen LogP contribution >= 0.6 is 23.2 Å². The summed E-state index contributed by atoms with van der Waals surface area (Å²) in [6.07, 6.45) is 1.93. The molecule has 11 heavy (non-hydrogen) atoms. The first-order chi connectivity index (χ1) is 5.11. The summed E-state index contributed by atoms with van der Waals surface area (Å²) in [4.78, 5) is 21.3. The fourth-order valence-electron chi connectivity index (χ4n) is 1.39. The van der Waals surface area contributed by atoms with E-state index in [1.54, 1.807) is 0 Å². The molecule has 0 bridgehead atoms. The van der Waals surface area contributed by atoms with E-state index in [0.717, 1.165) is 0 Å². The molecule has 0 amide bonds. The van der Waals surface area contributed by atoms with Gasteiger partial charge in [-0.1, -0.05) is 0 Å². The molecule has 0 aromatic rings. The highest BCUT2D eigenvalue weighted by Crippen LogP contribution is 2.33. The summed E-state index contributed by atoms with van der Waals surface area (Å²) >= 11 is 10.5. The van der Waals surface area contributed by atoms with E-state index in [2.05, 4.69) is 0 Å². The molecular formula is C7H8Cl2O2. The molecule has 0 spiro atoms. The third-order valence-corrected chi connectivity index (χ3v) is 2.69. The van der Waals surface area contributed by atoms with Crippen molar-refractivity contribution >= 4 is 33.7 Å². The number of rotatable bonds is 2. The standard InChI is InChI=1S/C7H8Cl2O2/c8-6(10)4-1-2-5(3-4)7(9)11/h4-5H,1-3H2/t4-,5-/m0/s1. The van der Waals surface area contributed by atoms with Crippen LogP contribution in [0.3, 0.4) is 0 Å². The maximum absolute atomic E-state index is 10.6. The van der Waals surface area contributed by atoms with Gasteiger partial charge in [0.2, 0.25) is 10.5 Å². The van der Waals surface area contributed by atoms with Crippen LogP contribution in [0.15, 0.2) is 0 Å². The van der Waals surface area contributed by atoms with Crippen molar-refractivity contribution in [3.05, 3.63) is 0 Å². The zero-order chi connectivity index (χ0) is 8.43. The molecule has 0 heterocycles. The molecule has 4 heteroatoms. The molecule has 0 unspecified atom stereocenters. The predicted molar refractivity (Wildman–Crippen MR) is 42.6 cm³/mol. The molecule has 62 valence electrons. The van der Waals surface area contributed by atoms with Crippen LogP contribution in [0.4, 0.5) is 0 Å². The zero-order valence-corrected chi connectivity index (χ0v) is 7.36. The Bertz CT molecular complexity index is 171. The Morgan fingerprint density at radius 3 is 1.55 bits per heavy atom. The Hall–Kier alpha value is -0.0800. The normalized spacial score (nSPS) is 30.4. The van der Waals surface area contributed by atoms with Crippen LogP contribution in [-0.2, 0) is 9.59 Å². The first-order valence-electron chi connectivity index (χ1n) is 3.50. The molecule has 1 aliphatic carbocycles. The first kappa shape index (κ1) is 9.01. The van der Waals surface area contributed by atoms with E-state index >= 15 is 0 Å². The second-order valence-electron chi connectivity index (χ2n) is 2.82. The summed E-state index contributed by atoms with van der Waals surface area (Å²) in [5.41, 5.74) is 0. The van der Waals surface area contributed by atoms with E-state index in [4.69, 9.17) is 23.2 Å². The lowest BCUT2D eigenvalue weighted by molar-refractivity contribution is -0.116. The Morgan fingerprint density at radius 1 is 1.00 bits per heavy atom. The van der Waals surface area contributed by atoms with Crippen LogP contribution in [0.25, 0.3) is 0 Å². The minimum atomic E-state index is -0.342. The minimum absolute atomic E-state index is 0.149. The second kappa shape index (κ2) is 3.55. The summed E-state index contributed by atoms with van der Waals surface area (Å²) in [5.74, 6) is -0.297. The predicted octanol–water partition coefficient (Wildman–Crippen LogP) is 1.93. The minimum Gasteiger partial charge on any atom is -0.281 e. The quantitative estimate of drug-likeness (QED) is 0.631. The Morgan fingerprint density at radius 2 is 1.36 bits per heavy atom. The maximum Gasteiger partial charge on any atom is 0.224 e. The van der Waals surface area contributed by atoms with Crippen LogP contribution in [0.2, 0.25) is 0 Å². The van der Waals surface area contributed by atoms with Crippen molar-refractivity contribution in [1.29, 1.82) is 0 Å². The van der Waals surface area contributed by atoms with Crippen LogP contribution in [0.1, 0.15) is 19.3 Å². The molecule has 2 nitrogen and oxygen atoms in total. The monoisotopic (exact) mass is 194 g/mol. The molecule has 0 aromatic carbocycles. The number of hydrogen-bond donors (Lipinski definition) is 0. The van der Waals surface area contributed by atoms with Gasteiger partial charge in [0.1, 0.15) is 0 Å². The summed E-state index contributed by atoms with van der Waals surface area (Å²) in [7, 11) is 0. The van der Waals surface area contributed by atoms with E-state index in [-0.39, 0.29) is 22.3 Å². The van der Waals surface area contributed by atoms with Gasteiger partial charge in [0.15, 0.2) is 0 Å². The average Bonchev–Trinajstić information content (AvgIpc) is 2.33. The van der Waals surface area contributed by atoms with Gasteiger partial charge in [-0.15, -0.1) is 0 Å². The lowest BCUT2D eigenvalue weighted by atomic mass is 10.1. The number of carbonyl (C=O) groups is 2. The van der Waals surface area contributed by atoms with Gasteiger partial charge in [-0.25, -0.2) is 0 Å². The molecule has 0 radical (unpaired) electrons. The van der Waals surface area contributed by atoms with Crippen LogP contribution in [0, 0.1) is 11.8 Å². The second-order valence-corrected chi connectivity index (χ2v) is 3.56. The molecule has 1 aliphatic rings. The molecule has 0 aliphatic heterocycles. The lowest BCUT2D eigenvalue weighted by Gasteiger charge is -2.01. The van der Waals surface area contributed by atoms with Crippen molar-refractivity contribution in [2.24, 2.45) is 11.8 Å². The molecule has 1 saturated carbocycles. The first-order valence-corrected chi connectivity index (χ1v) is 4.25. The van der Waals surface area contributed by atoms with Crippen molar-refractivity contribution in [3.63, 3.8) is 0 Å². The number of hydrogen-bond acceptors (Lipinski definition) is 2. The summed E-state index contributed by atoms with van der Waals surface area (Å²) in [6, 6.07) is 0. The number of carbonyl (C=O) groups excluding carboxylic acids is 2. The van der Waals surface area contributed by atoms with E-state index in [9.17, 15) is 9.59 Å². The van der Waals surface area contributed by atoms with Gasteiger partial charge in [-0.2, -0.15) is 0 Å². The Kier molecular flexibility index (Phi) is 2.90. The summed E-state index contributed by atoms with van der Waals surface area (Å²) < 4.78 is 0. The van der Waals surface area contributed by atoms with Gasteiger partial charge < -0.3 is 0 Å². The highest BCUT2D eigenvalue weighted by Gasteiger charge is 2.32. The molecular weight excluding hydrogens is 187 g/mol. The van der Waals surface area contributed by atoms with E-state index < -0.39 is 0 Å². The maximum atomic E-state index is 10.6. The number of halogens is 2. The van der Waals surface area contributed by atoms with Crippen LogP contribution in [0.5, 0.6) is 0 Å². The molecule has 0 saturated heterocycles. The van der Waals surface area contributed by atoms with E-state index in [1.165, 1.54) is 0 Å². The van der Waals surface area contributed by atoms with Crippen molar-refractivity contribution in [3.8, 4) is 0 Å². The van der Waals surface area contributed by atoms with Gasteiger partial charge in [0.25, 0.3) is 0 Å².